The normalized spacial score (nSPS) is 15.3. The Hall–Kier alpha value is -4.25. The molecule has 0 radical (unpaired) electrons. The van der Waals surface area contributed by atoms with Crippen LogP contribution in [0.15, 0.2) is 24.5 Å². The van der Waals surface area contributed by atoms with Gasteiger partial charge < -0.3 is 69.8 Å². The van der Waals surface area contributed by atoms with Gasteiger partial charge in [0.2, 0.25) is 11.8 Å². The molecular formula is C45H71ClN8O12. The first-order valence-electron chi connectivity index (χ1n) is 23.2. The Morgan fingerprint density at radius 1 is 0.561 bits per heavy atom. The van der Waals surface area contributed by atoms with Gasteiger partial charge in [0, 0.05) is 77.5 Å². The van der Waals surface area contributed by atoms with Crippen LogP contribution in [0.3, 0.4) is 0 Å². The average molecular weight is 952 g/mol. The second kappa shape index (κ2) is 34.1. The van der Waals surface area contributed by atoms with E-state index in [9.17, 15) is 19.2 Å². The molecule has 2 saturated heterocycles. The molecule has 0 aromatic carbocycles. The van der Waals surface area contributed by atoms with Crippen LogP contribution < -0.4 is 41.4 Å². The number of nitrogens with one attached hydrogen (secondary N) is 6. The minimum atomic E-state index is -0.316. The van der Waals surface area contributed by atoms with Crippen LogP contribution in [0.1, 0.15) is 77.8 Å². The molecule has 0 bridgehead atoms. The van der Waals surface area contributed by atoms with Crippen molar-refractivity contribution in [2.75, 3.05) is 132 Å². The molecule has 2 atom stereocenters. The fourth-order valence-corrected chi connectivity index (χ4v) is 6.29. The summed E-state index contributed by atoms with van der Waals surface area (Å²) in [5, 5.41) is 18.0. The van der Waals surface area contributed by atoms with Crippen LogP contribution in [-0.4, -0.2) is 177 Å². The van der Waals surface area contributed by atoms with Gasteiger partial charge in [-0.2, -0.15) is 0 Å². The van der Waals surface area contributed by atoms with Gasteiger partial charge in [0.1, 0.15) is 29.9 Å². The van der Waals surface area contributed by atoms with Crippen molar-refractivity contribution >= 4 is 35.2 Å². The number of carbonyl (C=O) groups excluding carboxylic acids is 4. The largest absolute Gasteiger partial charge is 0.490 e. The van der Waals surface area contributed by atoms with E-state index in [1.165, 1.54) is 6.20 Å². The van der Waals surface area contributed by atoms with E-state index in [1.54, 1.807) is 25.3 Å². The van der Waals surface area contributed by atoms with Gasteiger partial charge in [0.05, 0.1) is 82.1 Å². The van der Waals surface area contributed by atoms with Gasteiger partial charge in [-0.25, -0.2) is 4.98 Å². The minimum Gasteiger partial charge on any atom is -0.490 e. The molecule has 4 amide bonds. The summed E-state index contributed by atoms with van der Waals surface area (Å²) in [6.07, 6.45) is 8.12. The summed E-state index contributed by atoms with van der Waals surface area (Å²) in [5.74, 6) is 0.227. The maximum absolute atomic E-state index is 12.6. The number of halogens is 1. The molecule has 4 rings (SSSR count). The maximum atomic E-state index is 12.6. The lowest BCUT2D eigenvalue weighted by atomic mass is 10.1. The number of hydrogen-bond donors (Lipinski definition) is 6. The van der Waals surface area contributed by atoms with E-state index in [0.29, 0.717) is 179 Å². The monoisotopic (exact) mass is 950 g/mol. The molecule has 370 valence electrons. The summed E-state index contributed by atoms with van der Waals surface area (Å²) in [4.78, 5) is 57.7. The van der Waals surface area contributed by atoms with Crippen molar-refractivity contribution in [3.05, 3.63) is 46.5 Å². The second-order valence-corrected chi connectivity index (χ2v) is 16.0. The number of nitrogens with zero attached hydrogens (tertiary/aromatic N) is 2. The van der Waals surface area contributed by atoms with Crippen LogP contribution in [0.2, 0.25) is 5.15 Å². The SMILES string of the molecule is Cc1ncc(OCC2CCN2)cc1C(=O)NCCCOCCOCCOCCCNC(=O)CCC(=O)NCCCOCCOCCOCCCNC(=O)c1cc(OCC2CCN2)cnc1Cl. The first-order chi connectivity index (χ1) is 32.3. The number of aromatic nitrogens is 2. The van der Waals surface area contributed by atoms with Crippen molar-refractivity contribution in [3.8, 4) is 11.5 Å². The van der Waals surface area contributed by atoms with Crippen LogP contribution in [-0.2, 0) is 38.0 Å². The lowest BCUT2D eigenvalue weighted by Gasteiger charge is -2.27. The van der Waals surface area contributed by atoms with Gasteiger partial charge in [0.25, 0.3) is 11.8 Å². The Labute approximate surface area is 393 Å². The van der Waals surface area contributed by atoms with Crippen LogP contribution in [0.25, 0.3) is 0 Å². The summed E-state index contributed by atoms with van der Waals surface area (Å²) in [7, 11) is 0. The fourth-order valence-electron chi connectivity index (χ4n) is 6.10. The Morgan fingerprint density at radius 2 is 0.924 bits per heavy atom. The number of carbonyl (C=O) groups is 4. The molecule has 2 aromatic rings. The smallest absolute Gasteiger partial charge is 0.254 e. The molecule has 2 aliphatic rings. The molecular weight excluding hydrogens is 880 g/mol. The Balaban J connectivity index is 0.817. The van der Waals surface area contributed by atoms with Crippen molar-refractivity contribution in [2.45, 2.75) is 70.4 Å². The third-order valence-corrected chi connectivity index (χ3v) is 10.6. The highest BCUT2D eigenvalue weighted by molar-refractivity contribution is 6.32. The highest BCUT2D eigenvalue weighted by atomic mass is 35.5. The average Bonchev–Trinajstić information content (AvgIpc) is 3.28. The van der Waals surface area contributed by atoms with Crippen LogP contribution in [0.4, 0.5) is 0 Å². The van der Waals surface area contributed by atoms with E-state index in [2.05, 4.69) is 41.9 Å². The van der Waals surface area contributed by atoms with Crippen molar-refractivity contribution < 1.29 is 57.1 Å². The van der Waals surface area contributed by atoms with Gasteiger partial charge in [-0.15, -0.1) is 0 Å². The predicted octanol–water partition coefficient (Wildman–Crippen LogP) is 1.75. The minimum absolute atomic E-state index is 0.114. The zero-order valence-electron chi connectivity index (χ0n) is 38.4. The van der Waals surface area contributed by atoms with Crippen molar-refractivity contribution in [1.82, 2.24) is 41.9 Å². The number of rotatable bonds is 39. The molecule has 20 nitrogen and oxygen atoms in total. The van der Waals surface area contributed by atoms with E-state index in [0.717, 1.165) is 25.9 Å². The first kappa shape index (κ1) is 54.4. The van der Waals surface area contributed by atoms with Gasteiger partial charge in [-0.3, -0.25) is 24.2 Å². The molecule has 2 aliphatic heterocycles. The molecule has 0 saturated carbocycles. The third-order valence-electron chi connectivity index (χ3n) is 10.3. The van der Waals surface area contributed by atoms with E-state index in [4.69, 9.17) is 49.5 Å². The highest BCUT2D eigenvalue weighted by Crippen LogP contribution is 2.20. The van der Waals surface area contributed by atoms with Gasteiger partial charge >= 0.3 is 0 Å². The highest BCUT2D eigenvalue weighted by Gasteiger charge is 2.19. The zero-order chi connectivity index (χ0) is 46.9. The molecule has 2 fully saturated rings. The number of hydrogen-bond acceptors (Lipinski definition) is 16. The van der Waals surface area contributed by atoms with E-state index < -0.39 is 0 Å². The standard InChI is InChI=1S/C45H71ClN8O12/c1-34-39(28-37(30-53-34)65-32-35-8-14-47-35)44(57)51-12-4-18-61-22-26-63-24-20-59-16-2-10-49-41(55)6-7-42(56)50-11-3-17-60-21-25-64-27-23-62-19-5-13-52-45(58)40-29-38(31-54-43(40)46)66-33-36-9-15-48-36/h28-31,35-36,47-48H,2-27,32-33H2,1H3,(H,49,55)(H,50,56)(H,51,57)(H,52,58). The quantitative estimate of drug-likeness (QED) is 0.0414. The van der Waals surface area contributed by atoms with Crippen molar-refractivity contribution in [3.63, 3.8) is 0 Å². The number of aryl methyl sites for hydroxylation is 1. The second-order valence-electron chi connectivity index (χ2n) is 15.6. The Morgan fingerprint density at radius 3 is 1.33 bits per heavy atom. The molecule has 0 aliphatic carbocycles. The van der Waals surface area contributed by atoms with E-state index in [-0.39, 0.29) is 47.2 Å². The summed E-state index contributed by atoms with van der Waals surface area (Å²) in [6, 6.07) is 4.03. The van der Waals surface area contributed by atoms with E-state index >= 15 is 0 Å². The molecule has 21 heteroatoms. The third kappa shape index (κ3) is 24.0. The number of pyridine rings is 2. The zero-order valence-corrected chi connectivity index (χ0v) is 39.2. The summed E-state index contributed by atoms with van der Waals surface area (Å²) in [5.41, 5.74) is 1.43. The van der Waals surface area contributed by atoms with Crippen LogP contribution >= 0.6 is 11.6 Å². The molecule has 4 heterocycles. The molecule has 6 N–H and O–H groups in total. The van der Waals surface area contributed by atoms with E-state index in [1.807, 2.05) is 0 Å². The lowest BCUT2D eigenvalue weighted by molar-refractivity contribution is -0.126. The fraction of sp³-hybridized carbons (Fsp3) is 0.689. The Kier molecular flexibility index (Phi) is 28.1. The predicted molar refractivity (Wildman–Crippen MR) is 245 cm³/mol. The summed E-state index contributed by atoms with van der Waals surface area (Å²) in [6.45, 7) is 12.0. The number of amides is 4. The summed E-state index contributed by atoms with van der Waals surface area (Å²) < 4.78 is 44.8. The topological polar surface area (TPSA) is 240 Å². The molecule has 2 aromatic heterocycles. The maximum Gasteiger partial charge on any atom is 0.254 e. The van der Waals surface area contributed by atoms with Crippen molar-refractivity contribution in [1.29, 1.82) is 0 Å². The molecule has 66 heavy (non-hydrogen) atoms. The first-order valence-corrected chi connectivity index (χ1v) is 23.6. The van der Waals surface area contributed by atoms with Crippen LogP contribution in [0, 0.1) is 6.92 Å². The van der Waals surface area contributed by atoms with Crippen LogP contribution in [0.5, 0.6) is 11.5 Å². The van der Waals surface area contributed by atoms with Gasteiger partial charge in [-0.1, -0.05) is 11.6 Å². The number of ether oxygens (including phenoxy) is 8. The molecule has 0 spiro atoms. The summed E-state index contributed by atoms with van der Waals surface area (Å²) >= 11 is 6.12. The van der Waals surface area contributed by atoms with Gasteiger partial charge in [0.15, 0.2) is 0 Å². The molecule has 2 unspecified atom stereocenters. The van der Waals surface area contributed by atoms with Gasteiger partial charge in [-0.05, 0) is 70.7 Å². The lowest BCUT2D eigenvalue weighted by Crippen LogP contribution is -2.46. The van der Waals surface area contributed by atoms with Crippen molar-refractivity contribution in [2.24, 2.45) is 0 Å². The Bertz CT molecular complexity index is 1590.